The summed E-state index contributed by atoms with van der Waals surface area (Å²) in [6.07, 6.45) is 6.49. The van der Waals surface area contributed by atoms with Crippen molar-refractivity contribution in [3.63, 3.8) is 0 Å². The Kier molecular flexibility index (Phi) is 10.8. The van der Waals surface area contributed by atoms with Gasteiger partial charge >= 0.3 is 0 Å². The van der Waals surface area contributed by atoms with Gasteiger partial charge in [-0.2, -0.15) is 0 Å². The number of carbonyl (C=O) groups excluding carboxylic acids is 2. The summed E-state index contributed by atoms with van der Waals surface area (Å²) in [5.41, 5.74) is 5.14. The molecule has 1 saturated carbocycles. The molecule has 1 aliphatic heterocycles. The Hall–Kier alpha value is -4.11. The predicted molar refractivity (Wildman–Crippen MR) is 183 cm³/mol. The molecule has 0 bridgehead atoms. The highest BCUT2D eigenvalue weighted by Gasteiger charge is 2.37. The van der Waals surface area contributed by atoms with Crippen LogP contribution in [-0.2, 0) is 16.0 Å². The van der Waals surface area contributed by atoms with Gasteiger partial charge in [-0.05, 0) is 100 Å². The number of carbonyl (C=O) groups is 2. The van der Waals surface area contributed by atoms with Gasteiger partial charge in [0.15, 0.2) is 11.5 Å². The van der Waals surface area contributed by atoms with E-state index in [2.05, 4.69) is 59.8 Å². The lowest BCUT2D eigenvalue weighted by Crippen LogP contribution is -2.42. The van der Waals surface area contributed by atoms with Crippen molar-refractivity contribution in [3.05, 3.63) is 77.0 Å². The number of methoxy groups -OCH3 is 1. The number of anilines is 2. The SMILES string of the molecule is CCNC(=O)CNC1CCC(CN(C)c2ccc(N3C(=O)Cc4cc(OC)c(OC(C)C)cc4C3c3ccc(C)cc3)nc2)CC1. The number of nitrogens with one attached hydrogen (secondary N) is 2. The molecular formula is C37H49N5O4. The van der Waals surface area contributed by atoms with Gasteiger partial charge in [-0.25, -0.2) is 4.98 Å². The average molecular weight is 628 g/mol. The van der Waals surface area contributed by atoms with Crippen LogP contribution in [0.25, 0.3) is 0 Å². The van der Waals surface area contributed by atoms with Crippen LogP contribution < -0.4 is 29.9 Å². The molecule has 0 saturated heterocycles. The molecule has 246 valence electrons. The summed E-state index contributed by atoms with van der Waals surface area (Å²) in [6.45, 7) is 9.98. The Labute approximate surface area is 273 Å². The Morgan fingerprint density at radius 1 is 1.07 bits per heavy atom. The number of aromatic nitrogens is 1. The summed E-state index contributed by atoms with van der Waals surface area (Å²) in [5.74, 6) is 2.55. The number of nitrogens with zero attached hydrogens (tertiary/aromatic N) is 3. The van der Waals surface area contributed by atoms with Crippen LogP contribution in [0, 0.1) is 12.8 Å². The smallest absolute Gasteiger partial charge is 0.233 e. The predicted octanol–water partition coefficient (Wildman–Crippen LogP) is 5.59. The highest BCUT2D eigenvalue weighted by Crippen LogP contribution is 2.43. The van der Waals surface area contributed by atoms with Gasteiger partial charge in [-0.1, -0.05) is 29.8 Å². The Balaban J connectivity index is 1.33. The fourth-order valence-corrected chi connectivity index (χ4v) is 6.68. The fourth-order valence-electron chi connectivity index (χ4n) is 6.68. The largest absolute Gasteiger partial charge is 0.493 e. The fraction of sp³-hybridized carbons (Fsp3) is 0.486. The van der Waals surface area contributed by atoms with Crippen LogP contribution in [0.1, 0.15) is 74.8 Å². The van der Waals surface area contributed by atoms with E-state index in [1.807, 2.05) is 50.1 Å². The first kappa shape index (κ1) is 33.3. The third kappa shape index (κ3) is 7.81. The number of ether oxygens (including phenoxy) is 2. The minimum Gasteiger partial charge on any atom is -0.493 e. The molecule has 46 heavy (non-hydrogen) atoms. The van der Waals surface area contributed by atoms with E-state index < -0.39 is 0 Å². The van der Waals surface area contributed by atoms with Crippen LogP contribution in [0.5, 0.6) is 11.5 Å². The number of likely N-dealkylation sites (N-methyl/N-ethyl adjacent to an activating group) is 1. The minimum absolute atomic E-state index is 0.0104. The van der Waals surface area contributed by atoms with Gasteiger partial charge in [-0.3, -0.25) is 14.5 Å². The summed E-state index contributed by atoms with van der Waals surface area (Å²) < 4.78 is 11.8. The van der Waals surface area contributed by atoms with E-state index in [4.69, 9.17) is 14.5 Å². The molecule has 5 rings (SSSR count). The molecule has 2 heterocycles. The first-order valence-electron chi connectivity index (χ1n) is 16.6. The summed E-state index contributed by atoms with van der Waals surface area (Å²) >= 11 is 0. The molecular weight excluding hydrogens is 578 g/mol. The van der Waals surface area contributed by atoms with Gasteiger partial charge in [-0.15, -0.1) is 0 Å². The normalized spacial score (nSPS) is 19.5. The highest BCUT2D eigenvalue weighted by atomic mass is 16.5. The van der Waals surface area contributed by atoms with E-state index in [1.54, 1.807) is 7.11 Å². The van der Waals surface area contributed by atoms with Crippen LogP contribution in [0.15, 0.2) is 54.7 Å². The van der Waals surface area contributed by atoms with E-state index in [0.717, 1.165) is 60.2 Å². The number of rotatable bonds is 12. The third-order valence-corrected chi connectivity index (χ3v) is 9.07. The number of fused-ring (bicyclic) bond motifs is 1. The van der Waals surface area contributed by atoms with Gasteiger partial charge in [0, 0.05) is 26.2 Å². The zero-order valence-electron chi connectivity index (χ0n) is 28.1. The molecule has 0 spiro atoms. The monoisotopic (exact) mass is 627 g/mol. The van der Waals surface area contributed by atoms with Crippen molar-refractivity contribution < 1.29 is 19.1 Å². The number of hydrogen-bond acceptors (Lipinski definition) is 7. The lowest BCUT2D eigenvalue weighted by molar-refractivity contribution is -0.120. The van der Waals surface area contributed by atoms with Crippen LogP contribution in [0.4, 0.5) is 11.5 Å². The minimum atomic E-state index is -0.356. The summed E-state index contributed by atoms with van der Waals surface area (Å²) in [4.78, 5) is 34.6. The van der Waals surface area contributed by atoms with Gasteiger partial charge in [0.05, 0.1) is 44.1 Å². The van der Waals surface area contributed by atoms with Crippen LogP contribution in [0.2, 0.25) is 0 Å². The molecule has 2 aliphatic rings. The van der Waals surface area contributed by atoms with Crippen molar-refractivity contribution in [1.82, 2.24) is 15.6 Å². The van der Waals surface area contributed by atoms with E-state index in [1.165, 1.54) is 0 Å². The molecule has 1 fully saturated rings. The lowest BCUT2D eigenvalue weighted by atomic mass is 9.85. The molecule has 1 aliphatic carbocycles. The molecule has 2 amide bonds. The quantitative estimate of drug-likeness (QED) is 0.271. The second-order valence-electron chi connectivity index (χ2n) is 12.9. The first-order valence-corrected chi connectivity index (χ1v) is 16.6. The van der Waals surface area contributed by atoms with Gasteiger partial charge in [0.1, 0.15) is 5.82 Å². The number of hydrogen-bond donors (Lipinski definition) is 2. The van der Waals surface area contributed by atoms with Crippen molar-refractivity contribution in [2.24, 2.45) is 5.92 Å². The standard InChI is InChI=1S/C37H49N5O4/c1-7-38-35(43)22-39-29-14-10-26(11-15-29)23-41(5)30-16-17-34(40-21-30)42-36(44)19-28-18-32(45-6)33(46-24(2)3)20-31(28)37(42)27-12-8-25(4)9-13-27/h8-9,12-13,16-18,20-21,24,26,29,37,39H,7,10-11,14-15,19,22-23H2,1-6H3,(H,38,43). The summed E-state index contributed by atoms with van der Waals surface area (Å²) in [6, 6.07) is 16.4. The van der Waals surface area contributed by atoms with Crippen molar-refractivity contribution in [3.8, 4) is 11.5 Å². The van der Waals surface area contributed by atoms with Gasteiger partial charge in [0.2, 0.25) is 11.8 Å². The maximum absolute atomic E-state index is 13.9. The van der Waals surface area contributed by atoms with Crippen molar-refractivity contribution in [2.45, 2.75) is 78.0 Å². The van der Waals surface area contributed by atoms with Crippen molar-refractivity contribution >= 4 is 23.3 Å². The van der Waals surface area contributed by atoms with Crippen LogP contribution >= 0.6 is 0 Å². The molecule has 2 N–H and O–H groups in total. The molecule has 9 heteroatoms. The molecule has 1 atom stereocenters. The van der Waals surface area contributed by atoms with E-state index in [9.17, 15) is 9.59 Å². The van der Waals surface area contributed by atoms with Crippen molar-refractivity contribution in [2.75, 3.05) is 43.6 Å². The molecule has 2 aromatic carbocycles. The highest BCUT2D eigenvalue weighted by molar-refractivity contribution is 5.97. The summed E-state index contributed by atoms with van der Waals surface area (Å²) in [7, 11) is 3.74. The topological polar surface area (TPSA) is 96.0 Å². The first-order chi connectivity index (χ1) is 22.2. The molecule has 1 unspecified atom stereocenters. The average Bonchev–Trinajstić information content (AvgIpc) is 3.04. The lowest BCUT2D eigenvalue weighted by Gasteiger charge is -2.37. The van der Waals surface area contributed by atoms with Crippen molar-refractivity contribution in [1.29, 1.82) is 0 Å². The number of aryl methyl sites for hydroxylation is 1. The van der Waals surface area contributed by atoms with Gasteiger partial charge < -0.3 is 25.0 Å². The number of pyridine rings is 1. The zero-order chi connectivity index (χ0) is 32.8. The molecule has 0 radical (unpaired) electrons. The number of benzene rings is 2. The maximum Gasteiger partial charge on any atom is 0.233 e. The second kappa shape index (κ2) is 15.0. The van der Waals surface area contributed by atoms with Crippen LogP contribution in [-0.4, -0.2) is 62.7 Å². The van der Waals surface area contributed by atoms with E-state index in [-0.39, 0.29) is 30.4 Å². The Morgan fingerprint density at radius 3 is 2.43 bits per heavy atom. The molecule has 9 nitrogen and oxygen atoms in total. The maximum atomic E-state index is 13.9. The Morgan fingerprint density at radius 2 is 1.80 bits per heavy atom. The molecule has 1 aromatic heterocycles. The summed E-state index contributed by atoms with van der Waals surface area (Å²) in [5, 5.41) is 6.26. The van der Waals surface area contributed by atoms with E-state index >= 15 is 0 Å². The van der Waals surface area contributed by atoms with E-state index in [0.29, 0.717) is 42.4 Å². The second-order valence-corrected chi connectivity index (χ2v) is 12.9. The Bertz CT molecular complexity index is 1480. The number of amides is 2. The third-order valence-electron chi connectivity index (χ3n) is 9.07. The molecule has 3 aromatic rings. The van der Waals surface area contributed by atoms with Gasteiger partial charge in [0.25, 0.3) is 0 Å². The zero-order valence-corrected chi connectivity index (χ0v) is 28.1. The van der Waals surface area contributed by atoms with Crippen LogP contribution in [0.3, 0.4) is 0 Å².